The van der Waals surface area contributed by atoms with Gasteiger partial charge in [0, 0.05) is 31.9 Å². The molecule has 0 saturated carbocycles. The number of nitrogen functional groups attached to an aromatic ring is 1. The molecule has 0 atom stereocenters. The minimum absolute atomic E-state index is 0.155. The van der Waals surface area contributed by atoms with Crippen molar-refractivity contribution >= 4 is 11.7 Å². The molecule has 88 valence electrons. The summed E-state index contributed by atoms with van der Waals surface area (Å²) in [4.78, 5) is 10.3. The van der Waals surface area contributed by atoms with Crippen molar-refractivity contribution in [1.82, 2.24) is 10.6 Å². The Labute approximate surface area is 94.7 Å². The smallest absolute Gasteiger partial charge is 0.337 e. The highest BCUT2D eigenvalue weighted by Gasteiger charge is 2.03. The van der Waals surface area contributed by atoms with Gasteiger partial charge in [-0.1, -0.05) is 12.1 Å². The summed E-state index contributed by atoms with van der Waals surface area (Å²) >= 11 is 0. The minimum Gasteiger partial charge on any atom is -0.478 e. The van der Waals surface area contributed by atoms with Gasteiger partial charge in [0.1, 0.15) is 0 Å². The third kappa shape index (κ3) is 4.29. The van der Waals surface area contributed by atoms with Gasteiger partial charge in [-0.05, 0) is 12.1 Å². The number of rotatable bonds is 1. The van der Waals surface area contributed by atoms with Crippen molar-refractivity contribution in [2.75, 3.05) is 31.9 Å². The highest BCUT2D eigenvalue weighted by atomic mass is 16.4. The van der Waals surface area contributed by atoms with E-state index in [1.54, 1.807) is 18.2 Å². The Balaban J connectivity index is 0.000000181. The number of para-hydroxylation sites is 1. The van der Waals surface area contributed by atoms with Gasteiger partial charge in [-0.25, -0.2) is 4.79 Å². The molecule has 2 rings (SSSR count). The number of nitrogens with two attached hydrogens (primary N) is 1. The molecule has 0 radical (unpaired) electrons. The maximum atomic E-state index is 10.3. The summed E-state index contributed by atoms with van der Waals surface area (Å²) < 4.78 is 0. The first kappa shape index (κ1) is 12.5. The van der Waals surface area contributed by atoms with E-state index in [-0.39, 0.29) is 5.56 Å². The fraction of sp³-hybridized carbons (Fsp3) is 0.364. The van der Waals surface area contributed by atoms with Crippen molar-refractivity contribution in [3.05, 3.63) is 29.8 Å². The van der Waals surface area contributed by atoms with E-state index < -0.39 is 5.97 Å². The summed E-state index contributed by atoms with van der Waals surface area (Å²) in [6, 6.07) is 6.36. The molecular weight excluding hydrogens is 206 g/mol. The predicted molar refractivity (Wildman–Crippen MR) is 63.6 cm³/mol. The molecule has 5 nitrogen and oxygen atoms in total. The van der Waals surface area contributed by atoms with E-state index in [1.165, 1.54) is 6.07 Å². The van der Waals surface area contributed by atoms with Crippen molar-refractivity contribution in [3.63, 3.8) is 0 Å². The Kier molecular flexibility index (Phi) is 5.31. The number of anilines is 1. The highest BCUT2D eigenvalue weighted by molar-refractivity contribution is 5.93. The monoisotopic (exact) mass is 223 g/mol. The fourth-order valence-corrected chi connectivity index (χ4v) is 1.30. The van der Waals surface area contributed by atoms with Crippen molar-refractivity contribution in [3.8, 4) is 0 Å². The molecule has 1 aliphatic rings. The maximum Gasteiger partial charge on any atom is 0.337 e. The van der Waals surface area contributed by atoms with Gasteiger partial charge < -0.3 is 21.5 Å². The molecule has 0 bridgehead atoms. The van der Waals surface area contributed by atoms with Crippen LogP contribution in [0.1, 0.15) is 10.4 Å². The molecule has 1 saturated heterocycles. The van der Waals surface area contributed by atoms with Crippen LogP contribution in [0, 0.1) is 0 Å². The second-order valence-corrected chi connectivity index (χ2v) is 3.39. The summed E-state index contributed by atoms with van der Waals surface area (Å²) in [5, 5.41) is 14.9. The molecule has 1 aromatic rings. The number of piperazine rings is 1. The third-order valence-electron chi connectivity index (χ3n) is 2.15. The molecule has 1 fully saturated rings. The minimum atomic E-state index is -0.988. The molecule has 5 heteroatoms. The average Bonchev–Trinajstić information content (AvgIpc) is 2.32. The summed E-state index contributed by atoms with van der Waals surface area (Å²) in [5.74, 6) is -0.988. The zero-order chi connectivity index (χ0) is 11.8. The van der Waals surface area contributed by atoms with Crippen LogP contribution in [0.2, 0.25) is 0 Å². The standard InChI is InChI=1S/C7H7NO2.C4H10N2/c8-6-4-2-1-3-5(6)7(9)10;1-2-6-4-3-5-1/h1-4H,8H2,(H,9,10);5-6H,1-4H2. The number of carboxylic acids is 1. The predicted octanol–water partition coefficient (Wildman–Crippen LogP) is 0.146. The first-order chi connectivity index (χ1) is 7.72. The lowest BCUT2D eigenvalue weighted by atomic mass is 10.2. The zero-order valence-corrected chi connectivity index (χ0v) is 9.07. The molecule has 5 N–H and O–H groups in total. The molecule has 0 unspecified atom stereocenters. The van der Waals surface area contributed by atoms with Crippen LogP contribution in [0.5, 0.6) is 0 Å². The number of aromatic carboxylic acids is 1. The van der Waals surface area contributed by atoms with Crippen LogP contribution in [0.25, 0.3) is 0 Å². The number of nitrogens with one attached hydrogen (secondary N) is 2. The Bertz CT molecular complexity index is 326. The van der Waals surface area contributed by atoms with E-state index in [9.17, 15) is 4.79 Å². The van der Waals surface area contributed by atoms with Crippen LogP contribution in [-0.4, -0.2) is 37.3 Å². The maximum absolute atomic E-state index is 10.3. The van der Waals surface area contributed by atoms with E-state index in [0.29, 0.717) is 5.69 Å². The molecule has 0 aliphatic carbocycles. The number of hydrogen-bond donors (Lipinski definition) is 4. The third-order valence-corrected chi connectivity index (χ3v) is 2.15. The van der Waals surface area contributed by atoms with Crippen LogP contribution in [0.3, 0.4) is 0 Å². The lowest BCUT2D eigenvalue weighted by Crippen LogP contribution is -2.39. The molecule has 0 amide bonds. The van der Waals surface area contributed by atoms with Crippen LogP contribution in [0.4, 0.5) is 5.69 Å². The van der Waals surface area contributed by atoms with Gasteiger partial charge >= 0.3 is 5.97 Å². The largest absolute Gasteiger partial charge is 0.478 e. The van der Waals surface area contributed by atoms with Gasteiger partial charge in [-0.3, -0.25) is 0 Å². The number of carboxylic acid groups (broad SMARTS) is 1. The summed E-state index contributed by atoms with van der Waals surface area (Å²) in [7, 11) is 0. The van der Waals surface area contributed by atoms with E-state index >= 15 is 0 Å². The van der Waals surface area contributed by atoms with Crippen molar-refractivity contribution in [1.29, 1.82) is 0 Å². The first-order valence-corrected chi connectivity index (χ1v) is 5.21. The van der Waals surface area contributed by atoms with E-state index in [4.69, 9.17) is 10.8 Å². The lowest BCUT2D eigenvalue weighted by molar-refractivity contribution is 0.0698. The molecule has 1 aromatic carbocycles. The Morgan fingerprint density at radius 2 is 1.62 bits per heavy atom. The Morgan fingerprint density at radius 3 is 1.94 bits per heavy atom. The summed E-state index contributed by atoms with van der Waals surface area (Å²) in [6.45, 7) is 4.56. The van der Waals surface area contributed by atoms with Gasteiger partial charge in [-0.2, -0.15) is 0 Å². The lowest BCUT2D eigenvalue weighted by Gasteiger charge is -2.11. The van der Waals surface area contributed by atoms with Gasteiger partial charge in [0.05, 0.1) is 5.56 Å². The van der Waals surface area contributed by atoms with Crippen molar-refractivity contribution < 1.29 is 9.90 Å². The van der Waals surface area contributed by atoms with E-state index in [2.05, 4.69) is 10.6 Å². The van der Waals surface area contributed by atoms with Crippen LogP contribution in [0.15, 0.2) is 24.3 Å². The van der Waals surface area contributed by atoms with Gasteiger partial charge in [0.15, 0.2) is 0 Å². The van der Waals surface area contributed by atoms with Crippen molar-refractivity contribution in [2.45, 2.75) is 0 Å². The molecule has 1 aliphatic heterocycles. The quantitative estimate of drug-likeness (QED) is 0.509. The van der Waals surface area contributed by atoms with Crippen LogP contribution in [-0.2, 0) is 0 Å². The molecule has 16 heavy (non-hydrogen) atoms. The number of carbonyl (C=O) groups is 1. The normalized spacial score (nSPS) is 14.8. The first-order valence-electron chi connectivity index (χ1n) is 5.21. The highest BCUT2D eigenvalue weighted by Crippen LogP contribution is 2.08. The van der Waals surface area contributed by atoms with Crippen molar-refractivity contribution in [2.24, 2.45) is 0 Å². The Morgan fingerprint density at radius 1 is 1.12 bits per heavy atom. The number of benzene rings is 1. The van der Waals surface area contributed by atoms with Crippen LogP contribution >= 0.6 is 0 Å². The van der Waals surface area contributed by atoms with Gasteiger partial charge in [-0.15, -0.1) is 0 Å². The van der Waals surface area contributed by atoms with E-state index in [1.807, 2.05) is 0 Å². The fourth-order valence-electron chi connectivity index (χ4n) is 1.30. The van der Waals surface area contributed by atoms with Gasteiger partial charge in [0.25, 0.3) is 0 Å². The number of hydrogen-bond acceptors (Lipinski definition) is 4. The second-order valence-electron chi connectivity index (χ2n) is 3.39. The molecular formula is C11H17N3O2. The average molecular weight is 223 g/mol. The summed E-state index contributed by atoms with van der Waals surface area (Å²) in [6.07, 6.45) is 0. The summed E-state index contributed by atoms with van der Waals surface area (Å²) in [5.41, 5.74) is 5.80. The van der Waals surface area contributed by atoms with E-state index in [0.717, 1.165) is 26.2 Å². The molecule has 0 spiro atoms. The Hall–Kier alpha value is -1.59. The van der Waals surface area contributed by atoms with Gasteiger partial charge in [0.2, 0.25) is 0 Å². The van der Waals surface area contributed by atoms with Crippen LogP contribution < -0.4 is 16.4 Å². The zero-order valence-electron chi connectivity index (χ0n) is 9.07. The molecule has 0 aromatic heterocycles. The SMILES string of the molecule is C1CNCCN1.Nc1ccccc1C(=O)O. The second kappa shape index (κ2) is 6.81. The molecule has 1 heterocycles. The topological polar surface area (TPSA) is 87.4 Å².